The molecule has 0 radical (unpaired) electrons. The first-order valence-electron chi connectivity index (χ1n) is 5.41. The molecule has 0 saturated heterocycles. The van der Waals surface area contributed by atoms with Gasteiger partial charge in [0, 0.05) is 12.0 Å². The average molecular weight is 222 g/mol. The fourth-order valence-corrected chi connectivity index (χ4v) is 1.32. The first-order chi connectivity index (χ1) is 7.56. The molecule has 0 heterocycles. The van der Waals surface area contributed by atoms with Gasteiger partial charge in [-0.1, -0.05) is 43.7 Å². The highest BCUT2D eigenvalue weighted by atomic mass is 16.6. The number of esters is 1. The number of hydrogen-bond acceptors (Lipinski definition) is 4. The van der Waals surface area contributed by atoms with Gasteiger partial charge in [0.15, 0.2) is 0 Å². The minimum Gasteiger partial charge on any atom is -0.426 e. The van der Waals surface area contributed by atoms with Crippen LogP contribution in [0.25, 0.3) is 0 Å². The van der Waals surface area contributed by atoms with Crippen LogP contribution in [0.3, 0.4) is 0 Å². The topological polar surface area (TPSA) is 78.3 Å². The lowest BCUT2D eigenvalue weighted by Crippen LogP contribution is -2.49. The van der Waals surface area contributed by atoms with Crippen LogP contribution in [0.5, 0.6) is 0 Å². The molecule has 1 aromatic rings. The Morgan fingerprint density at radius 3 is 2.50 bits per heavy atom. The highest BCUT2D eigenvalue weighted by Crippen LogP contribution is 2.14. The van der Waals surface area contributed by atoms with Crippen LogP contribution in [0, 0.1) is 0 Å². The van der Waals surface area contributed by atoms with Crippen LogP contribution in [0.2, 0.25) is 0 Å². The average Bonchev–Trinajstić information content (AvgIpc) is 2.27. The molecule has 0 aliphatic rings. The monoisotopic (exact) mass is 222 g/mol. The molecule has 0 aliphatic carbocycles. The van der Waals surface area contributed by atoms with Gasteiger partial charge in [-0.3, -0.25) is 16.3 Å². The van der Waals surface area contributed by atoms with E-state index in [2.05, 4.69) is 0 Å². The van der Waals surface area contributed by atoms with Gasteiger partial charge >= 0.3 is 5.97 Å². The summed E-state index contributed by atoms with van der Waals surface area (Å²) in [6, 6.07) is 8.89. The van der Waals surface area contributed by atoms with E-state index in [-0.39, 0.29) is 5.97 Å². The molecule has 0 unspecified atom stereocenters. The number of carbonyl (C=O) groups is 1. The largest absolute Gasteiger partial charge is 0.426 e. The van der Waals surface area contributed by atoms with Gasteiger partial charge in [-0.2, -0.15) is 0 Å². The standard InChI is InChI=1S/C12H18N2O2/c1-2-3-9-11(15)16-12(13,14)10-7-5-4-6-8-10/h4-8H,2-3,9,13-14H2,1H3. The SMILES string of the molecule is CCCCC(=O)OC(N)(N)c1ccccc1. The maximum Gasteiger partial charge on any atom is 0.308 e. The highest BCUT2D eigenvalue weighted by molar-refractivity contribution is 5.69. The fourth-order valence-electron chi connectivity index (χ4n) is 1.32. The van der Waals surface area contributed by atoms with Gasteiger partial charge in [-0.25, -0.2) is 0 Å². The van der Waals surface area contributed by atoms with E-state index >= 15 is 0 Å². The zero-order valence-electron chi connectivity index (χ0n) is 9.48. The minimum absolute atomic E-state index is 0.347. The highest BCUT2D eigenvalue weighted by Gasteiger charge is 2.26. The van der Waals surface area contributed by atoms with Crippen molar-refractivity contribution in [1.29, 1.82) is 0 Å². The van der Waals surface area contributed by atoms with Crippen LogP contribution in [0.4, 0.5) is 0 Å². The summed E-state index contributed by atoms with van der Waals surface area (Å²) < 4.78 is 5.04. The molecule has 1 aromatic carbocycles. The molecule has 4 N–H and O–H groups in total. The van der Waals surface area contributed by atoms with Crippen LogP contribution >= 0.6 is 0 Å². The van der Waals surface area contributed by atoms with Crippen LogP contribution in [0.1, 0.15) is 31.7 Å². The molecule has 16 heavy (non-hydrogen) atoms. The van der Waals surface area contributed by atoms with Crippen LogP contribution in [-0.4, -0.2) is 5.97 Å². The van der Waals surface area contributed by atoms with Crippen molar-refractivity contribution in [3.63, 3.8) is 0 Å². The van der Waals surface area contributed by atoms with E-state index < -0.39 is 5.85 Å². The molecule has 1 rings (SSSR count). The molecule has 0 atom stereocenters. The molecule has 4 nitrogen and oxygen atoms in total. The number of nitrogens with two attached hydrogens (primary N) is 2. The van der Waals surface area contributed by atoms with E-state index in [4.69, 9.17) is 16.2 Å². The van der Waals surface area contributed by atoms with Crippen molar-refractivity contribution in [2.75, 3.05) is 0 Å². The Kier molecular flexibility index (Phi) is 4.46. The van der Waals surface area contributed by atoms with Crippen molar-refractivity contribution in [3.8, 4) is 0 Å². The predicted octanol–water partition coefficient (Wildman–Crippen LogP) is 1.45. The first-order valence-corrected chi connectivity index (χ1v) is 5.41. The molecule has 0 fully saturated rings. The van der Waals surface area contributed by atoms with Gasteiger partial charge < -0.3 is 4.74 Å². The van der Waals surface area contributed by atoms with Gasteiger partial charge in [0.25, 0.3) is 0 Å². The molecule has 0 aliphatic heterocycles. The van der Waals surface area contributed by atoms with Gasteiger partial charge in [-0.15, -0.1) is 0 Å². The summed E-state index contributed by atoms with van der Waals surface area (Å²) >= 11 is 0. The summed E-state index contributed by atoms with van der Waals surface area (Å²) in [6.07, 6.45) is 2.06. The van der Waals surface area contributed by atoms with Crippen molar-refractivity contribution in [2.45, 2.75) is 32.0 Å². The summed E-state index contributed by atoms with van der Waals surface area (Å²) in [5.41, 5.74) is 12.1. The van der Waals surface area contributed by atoms with Crippen molar-refractivity contribution in [3.05, 3.63) is 35.9 Å². The normalized spacial score (nSPS) is 11.2. The van der Waals surface area contributed by atoms with E-state index in [0.29, 0.717) is 12.0 Å². The smallest absolute Gasteiger partial charge is 0.308 e. The molecule has 0 spiro atoms. The number of carbonyl (C=O) groups excluding carboxylic acids is 1. The van der Waals surface area contributed by atoms with Crippen LogP contribution < -0.4 is 11.5 Å². The number of hydrogen-bond donors (Lipinski definition) is 2. The van der Waals surface area contributed by atoms with E-state index in [9.17, 15) is 4.79 Å². The van der Waals surface area contributed by atoms with E-state index in [1.54, 1.807) is 24.3 Å². The number of rotatable bonds is 5. The summed E-state index contributed by atoms with van der Waals surface area (Å²) in [5.74, 6) is -1.90. The Hall–Kier alpha value is -1.39. The van der Waals surface area contributed by atoms with E-state index in [1.165, 1.54) is 0 Å². The van der Waals surface area contributed by atoms with Gasteiger partial charge in [0.2, 0.25) is 5.85 Å². The minimum atomic E-state index is -1.54. The first kappa shape index (κ1) is 12.7. The van der Waals surface area contributed by atoms with Crippen molar-refractivity contribution in [2.24, 2.45) is 11.5 Å². The maximum absolute atomic E-state index is 11.4. The Balaban J connectivity index is 2.61. The van der Waals surface area contributed by atoms with Crippen LogP contribution in [0.15, 0.2) is 30.3 Å². The molecule has 0 aromatic heterocycles. The molecular weight excluding hydrogens is 204 g/mol. The lowest BCUT2D eigenvalue weighted by molar-refractivity contribution is -0.160. The van der Waals surface area contributed by atoms with Crippen molar-refractivity contribution < 1.29 is 9.53 Å². The zero-order chi connectivity index (χ0) is 12.0. The molecule has 0 amide bonds. The molecule has 0 bridgehead atoms. The Bertz CT molecular complexity index is 336. The third-order valence-electron chi connectivity index (χ3n) is 2.24. The van der Waals surface area contributed by atoms with Gasteiger partial charge in [-0.05, 0) is 6.42 Å². The molecular formula is C12H18N2O2. The second kappa shape index (κ2) is 5.63. The Morgan fingerprint density at radius 1 is 1.31 bits per heavy atom. The third kappa shape index (κ3) is 3.64. The van der Waals surface area contributed by atoms with E-state index in [1.807, 2.05) is 13.0 Å². The maximum atomic E-state index is 11.4. The third-order valence-corrected chi connectivity index (χ3v) is 2.24. The summed E-state index contributed by atoms with van der Waals surface area (Å²) in [4.78, 5) is 11.4. The predicted molar refractivity (Wildman–Crippen MR) is 62.1 cm³/mol. The number of ether oxygens (including phenoxy) is 1. The summed E-state index contributed by atoms with van der Waals surface area (Å²) in [6.45, 7) is 2.00. The van der Waals surface area contributed by atoms with Crippen molar-refractivity contribution in [1.82, 2.24) is 0 Å². The van der Waals surface area contributed by atoms with Crippen LogP contribution in [-0.2, 0) is 15.4 Å². The second-order valence-corrected chi connectivity index (χ2v) is 3.74. The summed E-state index contributed by atoms with van der Waals surface area (Å²) in [5, 5.41) is 0. The number of unbranched alkanes of at least 4 members (excludes halogenated alkanes) is 1. The van der Waals surface area contributed by atoms with E-state index in [0.717, 1.165) is 12.8 Å². The molecule has 88 valence electrons. The lowest BCUT2D eigenvalue weighted by atomic mass is 10.1. The molecule has 4 heteroatoms. The summed E-state index contributed by atoms with van der Waals surface area (Å²) in [7, 11) is 0. The fraction of sp³-hybridized carbons (Fsp3) is 0.417. The Labute approximate surface area is 95.6 Å². The second-order valence-electron chi connectivity index (χ2n) is 3.74. The lowest BCUT2D eigenvalue weighted by Gasteiger charge is -2.24. The Morgan fingerprint density at radius 2 is 1.94 bits per heavy atom. The zero-order valence-corrected chi connectivity index (χ0v) is 9.48. The van der Waals surface area contributed by atoms with Gasteiger partial charge in [0.1, 0.15) is 0 Å². The quantitative estimate of drug-likeness (QED) is 0.583. The number of benzene rings is 1. The van der Waals surface area contributed by atoms with Gasteiger partial charge in [0.05, 0.1) is 0 Å². The molecule has 0 saturated carbocycles. The van der Waals surface area contributed by atoms with Crippen molar-refractivity contribution >= 4 is 5.97 Å².